The number of hydrogen-bond acceptors (Lipinski definition) is 3. The van der Waals surface area contributed by atoms with Crippen molar-refractivity contribution in [1.29, 1.82) is 0 Å². The Morgan fingerprint density at radius 2 is 2.04 bits per heavy atom. The molecular formula is C19H21N3O2. The van der Waals surface area contributed by atoms with Gasteiger partial charge in [-0.25, -0.2) is 4.98 Å². The lowest BCUT2D eigenvalue weighted by atomic mass is 9.91. The summed E-state index contributed by atoms with van der Waals surface area (Å²) in [6, 6.07) is 2.01. The maximum Gasteiger partial charge on any atom is 0.258 e. The van der Waals surface area contributed by atoms with E-state index in [1.807, 2.05) is 17.9 Å². The van der Waals surface area contributed by atoms with Gasteiger partial charge in [0.25, 0.3) is 5.56 Å². The number of hydrogen-bond donors (Lipinski definition) is 1. The molecule has 0 atom stereocenters. The van der Waals surface area contributed by atoms with Crippen LogP contribution in [0.5, 0.6) is 0 Å². The van der Waals surface area contributed by atoms with Gasteiger partial charge in [0, 0.05) is 20.0 Å². The molecule has 5 heteroatoms. The number of aromatic nitrogens is 2. The van der Waals surface area contributed by atoms with E-state index in [0.29, 0.717) is 17.8 Å². The maximum atomic E-state index is 12.4. The molecule has 1 aliphatic carbocycles. The minimum atomic E-state index is -0.0600. The molecule has 4 rings (SSSR count). The third-order valence-corrected chi connectivity index (χ3v) is 5.19. The second-order valence-corrected chi connectivity index (χ2v) is 6.73. The molecule has 0 radical (unpaired) electrons. The van der Waals surface area contributed by atoms with Gasteiger partial charge >= 0.3 is 0 Å². The standard InChI is InChI=1S/C19H21N3O2/c1-11-20-18-15-5-3-4-14(15)16(10-17(18)19(24)21-11)13-6-8-22(9-7-13)12(2)23/h6,10H,3-5,7-9H2,1-2H3,(H,20,21,24). The molecule has 2 aliphatic rings. The van der Waals surface area contributed by atoms with E-state index in [1.165, 1.54) is 22.3 Å². The zero-order valence-electron chi connectivity index (χ0n) is 14.1. The summed E-state index contributed by atoms with van der Waals surface area (Å²) in [5.74, 6) is 0.786. The Morgan fingerprint density at radius 1 is 1.25 bits per heavy atom. The van der Waals surface area contributed by atoms with E-state index in [2.05, 4.69) is 16.0 Å². The van der Waals surface area contributed by atoms with Crippen molar-refractivity contribution in [3.8, 4) is 0 Å². The van der Waals surface area contributed by atoms with Crippen molar-refractivity contribution in [1.82, 2.24) is 14.9 Å². The molecule has 5 nitrogen and oxygen atoms in total. The van der Waals surface area contributed by atoms with Crippen LogP contribution in [0.1, 0.15) is 42.3 Å². The summed E-state index contributed by atoms with van der Waals surface area (Å²) < 4.78 is 0. The quantitative estimate of drug-likeness (QED) is 0.876. The Labute approximate surface area is 140 Å². The second kappa shape index (κ2) is 5.58. The lowest BCUT2D eigenvalue weighted by Gasteiger charge is -2.26. The highest BCUT2D eigenvalue weighted by Gasteiger charge is 2.24. The van der Waals surface area contributed by atoms with Crippen LogP contribution in [-0.4, -0.2) is 33.9 Å². The van der Waals surface area contributed by atoms with Crippen molar-refractivity contribution >= 4 is 22.4 Å². The van der Waals surface area contributed by atoms with Crippen LogP contribution in [0.2, 0.25) is 0 Å². The molecule has 0 spiro atoms. The van der Waals surface area contributed by atoms with Crippen LogP contribution in [0.3, 0.4) is 0 Å². The summed E-state index contributed by atoms with van der Waals surface area (Å²) in [6.45, 7) is 4.84. The summed E-state index contributed by atoms with van der Waals surface area (Å²) in [4.78, 5) is 33.2. The highest BCUT2D eigenvalue weighted by Crippen LogP contribution is 2.36. The van der Waals surface area contributed by atoms with Gasteiger partial charge in [-0.2, -0.15) is 0 Å². The molecule has 24 heavy (non-hydrogen) atoms. The SMILES string of the molecule is CC(=O)N1CC=C(c2cc3c(=O)[nH]c(C)nc3c3c2CCC3)CC1. The van der Waals surface area contributed by atoms with E-state index in [9.17, 15) is 9.59 Å². The van der Waals surface area contributed by atoms with E-state index in [1.54, 1.807) is 6.92 Å². The van der Waals surface area contributed by atoms with E-state index in [4.69, 9.17) is 0 Å². The zero-order chi connectivity index (χ0) is 16.8. The van der Waals surface area contributed by atoms with Crippen LogP contribution in [0.4, 0.5) is 0 Å². The Kier molecular flexibility index (Phi) is 3.52. The van der Waals surface area contributed by atoms with Crippen molar-refractivity contribution in [3.05, 3.63) is 45.0 Å². The predicted octanol–water partition coefficient (Wildman–Crippen LogP) is 2.36. The van der Waals surface area contributed by atoms with Crippen LogP contribution in [0.15, 0.2) is 16.9 Å². The number of benzene rings is 1. The lowest BCUT2D eigenvalue weighted by Crippen LogP contribution is -2.32. The molecule has 1 aliphatic heterocycles. The molecule has 124 valence electrons. The van der Waals surface area contributed by atoms with Crippen molar-refractivity contribution < 1.29 is 4.79 Å². The molecule has 2 heterocycles. The van der Waals surface area contributed by atoms with Gasteiger partial charge in [0.2, 0.25) is 5.91 Å². The van der Waals surface area contributed by atoms with Gasteiger partial charge in [-0.1, -0.05) is 6.08 Å². The maximum absolute atomic E-state index is 12.4. The summed E-state index contributed by atoms with van der Waals surface area (Å²) in [7, 11) is 0. The second-order valence-electron chi connectivity index (χ2n) is 6.73. The molecule has 2 aromatic rings. The number of rotatable bonds is 1. The van der Waals surface area contributed by atoms with Gasteiger partial charge in [-0.3, -0.25) is 9.59 Å². The van der Waals surface area contributed by atoms with Crippen LogP contribution in [-0.2, 0) is 17.6 Å². The molecular weight excluding hydrogens is 302 g/mol. The van der Waals surface area contributed by atoms with Gasteiger partial charge in [-0.15, -0.1) is 0 Å². The van der Waals surface area contributed by atoms with E-state index < -0.39 is 0 Å². The van der Waals surface area contributed by atoms with Crippen LogP contribution < -0.4 is 5.56 Å². The number of amides is 1. The molecule has 1 aromatic heterocycles. The third-order valence-electron chi connectivity index (χ3n) is 5.19. The monoisotopic (exact) mass is 323 g/mol. The Hall–Kier alpha value is -2.43. The number of fused-ring (bicyclic) bond motifs is 3. The Morgan fingerprint density at radius 3 is 2.75 bits per heavy atom. The summed E-state index contributed by atoms with van der Waals surface area (Å²) in [6.07, 6.45) is 6.13. The number of carbonyl (C=O) groups is 1. The molecule has 0 fully saturated rings. The summed E-state index contributed by atoms with van der Waals surface area (Å²) in [5.41, 5.74) is 5.85. The number of aryl methyl sites for hydroxylation is 2. The molecule has 1 aromatic carbocycles. The first-order valence-electron chi connectivity index (χ1n) is 8.55. The van der Waals surface area contributed by atoms with Gasteiger partial charge in [0.15, 0.2) is 0 Å². The molecule has 1 N–H and O–H groups in total. The number of nitrogens with one attached hydrogen (secondary N) is 1. The molecule has 0 saturated heterocycles. The lowest BCUT2D eigenvalue weighted by molar-refractivity contribution is -0.128. The van der Waals surface area contributed by atoms with Gasteiger partial charge in [-0.05, 0) is 60.9 Å². The van der Waals surface area contributed by atoms with Crippen LogP contribution >= 0.6 is 0 Å². The first-order valence-corrected chi connectivity index (χ1v) is 8.55. The Bertz CT molecular complexity index is 940. The predicted molar refractivity (Wildman–Crippen MR) is 94.0 cm³/mol. The number of aromatic amines is 1. The molecule has 1 amide bonds. The highest BCUT2D eigenvalue weighted by molar-refractivity contribution is 5.89. The van der Waals surface area contributed by atoms with Crippen LogP contribution in [0, 0.1) is 6.92 Å². The minimum absolute atomic E-state index is 0.0600. The topological polar surface area (TPSA) is 66.1 Å². The average molecular weight is 323 g/mol. The zero-order valence-corrected chi connectivity index (χ0v) is 14.1. The number of nitrogens with zero attached hydrogens (tertiary/aromatic N) is 2. The summed E-state index contributed by atoms with van der Waals surface area (Å²) >= 11 is 0. The van der Waals surface area contributed by atoms with Crippen molar-refractivity contribution in [3.63, 3.8) is 0 Å². The largest absolute Gasteiger partial charge is 0.339 e. The number of H-pyrrole nitrogens is 1. The minimum Gasteiger partial charge on any atom is -0.339 e. The fourth-order valence-electron chi connectivity index (χ4n) is 3.98. The van der Waals surface area contributed by atoms with Gasteiger partial charge < -0.3 is 9.88 Å². The first-order chi connectivity index (χ1) is 11.5. The fraction of sp³-hybridized carbons (Fsp3) is 0.421. The van der Waals surface area contributed by atoms with Gasteiger partial charge in [0.1, 0.15) is 5.82 Å². The fourth-order valence-corrected chi connectivity index (χ4v) is 3.98. The van der Waals surface area contributed by atoms with Gasteiger partial charge in [0.05, 0.1) is 10.9 Å². The van der Waals surface area contributed by atoms with Crippen molar-refractivity contribution in [2.45, 2.75) is 39.5 Å². The average Bonchev–Trinajstić information content (AvgIpc) is 3.04. The van der Waals surface area contributed by atoms with E-state index >= 15 is 0 Å². The molecule has 0 unspecified atom stereocenters. The van der Waals surface area contributed by atoms with Crippen molar-refractivity contribution in [2.24, 2.45) is 0 Å². The van der Waals surface area contributed by atoms with Crippen LogP contribution in [0.25, 0.3) is 16.5 Å². The first kappa shape index (κ1) is 15.1. The highest BCUT2D eigenvalue weighted by atomic mass is 16.2. The summed E-state index contributed by atoms with van der Waals surface area (Å²) in [5, 5.41) is 0.686. The third kappa shape index (κ3) is 2.35. The van der Waals surface area contributed by atoms with Crippen molar-refractivity contribution in [2.75, 3.05) is 13.1 Å². The molecule has 0 bridgehead atoms. The Balaban J connectivity index is 1.88. The molecule has 0 saturated carbocycles. The van der Waals surface area contributed by atoms with E-state index in [-0.39, 0.29) is 11.5 Å². The smallest absolute Gasteiger partial charge is 0.258 e. The number of carbonyl (C=O) groups excluding carboxylic acids is 1. The normalized spacial score (nSPS) is 17.1. The van der Waals surface area contributed by atoms with E-state index in [0.717, 1.165) is 37.7 Å².